The summed E-state index contributed by atoms with van der Waals surface area (Å²) >= 11 is 0. The predicted molar refractivity (Wildman–Crippen MR) is 132 cm³/mol. The van der Waals surface area contributed by atoms with Gasteiger partial charge in [0.25, 0.3) is 11.8 Å². The number of piperazine rings is 1. The lowest BCUT2D eigenvalue weighted by Gasteiger charge is -2.43. The van der Waals surface area contributed by atoms with Crippen LogP contribution in [0, 0.1) is 0 Å². The number of carbonyl (C=O) groups is 3. The molecule has 1 N–H and O–H groups in total. The monoisotopic (exact) mass is 484 g/mol. The number of hydrogen-bond acceptors (Lipinski definition) is 5. The second-order valence-electron chi connectivity index (χ2n) is 11.0. The third-order valence-electron chi connectivity index (χ3n) is 8.71. The van der Waals surface area contributed by atoms with Gasteiger partial charge >= 0.3 is 0 Å². The Hall–Kier alpha value is -2.42. The maximum absolute atomic E-state index is 13.4. The van der Waals surface area contributed by atoms with Crippen LogP contribution in [-0.4, -0.2) is 92.5 Å². The third-order valence-corrected chi connectivity index (χ3v) is 8.71. The number of nitrogens with one attached hydrogen (secondary N) is 1. The Morgan fingerprint density at radius 3 is 2.34 bits per heavy atom. The van der Waals surface area contributed by atoms with Crippen molar-refractivity contribution in [1.29, 1.82) is 0 Å². The van der Waals surface area contributed by atoms with Crippen molar-refractivity contribution in [2.45, 2.75) is 95.8 Å². The van der Waals surface area contributed by atoms with Gasteiger partial charge in [-0.2, -0.15) is 5.10 Å². The Morgan fingerprint density at radius 2 is 1.69 bits per heavy atom. The number of nitrogens with zero attached hydrogens (tertiary/aromatic N) is 5. The summed E-state index contributed by atoms with van der Waals surface area (Å²) in [6.45, 7) is 7.55. The Morgan fingerprint density at radius 1 is 1.03 bits per heavy atom. The van der Waals surface area contributed by atoms with Crippen LogP contribution in [-0.2, 0) is 11.3 Å². The average molecular weight is 485 g/mol. The van der Waals surface area contributed by atoms with Crippen LogP contribution in [0.15, 0.2) is 6.07 Å². The molecule has 0 bridgehead atoms. The van der Waals surface area contributed by atoms with Crippen LogP contribution in [0.1, 0.15) is 92.6 Å². The van der Waals surface area contributed by atoms with Gasteiger partial charge in [0.2, 0.25) is 5.91 Å². The fraction of sp³-hybridized carbons (Fsp3) is 0.769. The molecule has 2 saturated carbocycles. The van der Waals surface area contributed by atoms with Gasteiger partial charge < -0.3 is 15.1 Å². The molecule has 1 saturated heterocycles. The lowest BCUT2D eigenvalue weighted by molar-refractivity contribution is -0.133. The zero-order valence-electron chi connectivity index (χ0n) is 21.3. The Bertz CT molecular complexity index is 956. The molecule has 5 rings (SSSR count). The standard InChI is InChI=1S/C26H40N6O3/c1-3-31-24(34)22-17-21(23(33)30-15-13-29(14-16-30)20-11-5-4-6-12-20)28-32(22)18-26(31,2)25(35)27-19-9-7-8-10-19/h17,19-20H,3-16,18H2,1-2H3,(H,27,35)/t26-/m0/s1. The van der Waals surface area contributed by atoms with Crippen LogP contribution in [0.5, 0.6) is 0 Å². The van der Waals surface area contributed by atoms with Crippen molar-refractivity contribution >= 4 is 17.7 Å². The van der Waals surface area contributed by atoms with Crippen molar-refractivity contribution in [1.82, 2.24) is 29.8 Å². The van der Waals surface area contributed by atoms with Crippen LogP contribution in [0.25, 0.3) is 0 Å². The minimum Gasteiger partial charge on any atom is -0.351 e. The van der Waals surface area contributed by atoms with Crippen molar-refractivity contribution in [2.75, 3.05) is 32.7 Å². The van der Waals surface area contributed by atoms with Crippen LogP contribution >= 0.6 is 0 Å². The summed E-state index contributed by atoms with van der Waals surface area (Å²) < 4.78 is 1.58. The summed E-state index contributed by atoms with van der Waals surface area (Å²) in [5.74, 6) is -0.493. The molecule has 2 aliphatic heterocycles. The minimum atomic E-state index is -1.03. The highest BCUT2D eigenvalue weighted by Gasteiger charge is 2.48. The van der Waals surface area contributed by atoms with Gasteiger partial charge in [0.05, 0.1) is 6.54 Å². The summed E-state index contributed by atoms with van der Waals surface area (Å²) in [5.41, 5.74) is -0.336. The van der Waals surface area contributed by atoms with E-state index in [0.29, 0.717) is 37.1 Å². The summed E-state index contributed by atoms with van der Waals surface area (Å²) in [4.78, 5) is 46.1. The Labute approximate surface area is 208 Å². The van der Waals surface area contributed by atoms with E-state index in [1.807, 2.05) is 18.7 Å². The normalized spacial score (nSPS) is 26.7. The van der Waals surface area contributed by atoms with Crippen LogP contribution in [0.2, 0.25) is 0 Å². The van der Waals surface area contributed by atoms with E-state index in [-0.39, 0.29) is 30.3 Å². The van der Waals surface area contributed by atoms with Crippen LogP contribution < -0.4 is 5.32 Å². The topological polar surface area (TPSA) is 90.8 Å². The van der Waals surface area contributed by atoms with Gasteiger partial charge in [0.1, 0.15) is 11.2 Å². The maximum Gasteiger partial charge on any atom is 0.274 e. The summed E-state index contributed by atoms with van der Waals surface area (Å²) in [7, 11) is 0. The zero-order chi connectivity index (χ0) is 24.6. The number of likely N-dealkylation sites (N-methyl/N-ethyl adjacent to an activating group) is 1. The SMILES string of the molecule is CCN1C(=O)c2cc(C(=O)N3CCN(C4CCCCC4)CC3)nn2C[C@@]1(C)C(=O)NC1CCCC1. The van der Waals surface area contributed by atoms with Gasteiger partial charge in [-0.05, 0) is 39.5 Å². The van der Waals surface area contributed by atoms with Gasteiger partial charge in [0.15, 0.2) is 5.69 Å². The van der Waals surface area contributed by atoms with Crippen molar-refractivity contribution in [2.24, 2.45) is 0 Å². The number of amides is 3. The van der Waals surface area contributed by atoms with E-state index in [4.69, 9.17) is 0 Å². The van der Waals surface area contributed by atoms with E-state index in [9.17, 15) is 14.4 Å². The van der Waals surface area contributed by atoms with Crippen molar-refractivity contribution < 1.29 is 14.4 Å². The van der Waals surface area contributed by atoms with Crippen LogP contribution in [0.4, 0.5) is 0 Å². The average Bonchev–Trinajstić information content (AvgIpc) is 3.54. The number of aromatic nitrogens is 2. The minimum absolute atomic E-state index is 0.122. The summed E-state index contributed by atoms with van der Waals surface area (Å²) in [6.07, 6.45) is 10.7. The zero-order valence-corrected chi connectivity index (χ0v) is 21.3. The van der Waals surface area contributed by atoms with Gasteiger partial charge in [-0.15, -0.1) is 0 Å². The number of hydrogen-bond donors (Lipinski definition) is 1. The highest BCUT2D eigenvalue weighted by molar-refractivity contribution is 6.02. The Kier molecular flexibility index (Phi) is 6.88. The van der Waals surface area contributed by atoms with Crippen molar-refractivity contribution in [3.05, 3.63) is 17.5 Å². The molecule has 1 aromatic rings. The molecule has 1 atom stereocenters. The Balaban J connectivity index is 1.28. The summed E-state index contributed by atoms with van der Waals surface area (Å²) in [5, 5.41) is 7.71. The molecule has 9 nitrogen and oxygen atoms in total. The molecule has 3 heterocycles. The third kappa shape index (κ3) is 4.59. The second-order valence-corrected chi connectivity index (χ2v) is 11.0. The molecule has 0 unspecified atom stereocenters. The molecule has 4 aliphatic rings. The largest absolute Gasteiger partial charge is 0.351 e. The fourth-order valence-corrected chi connectivity index (χ4v) is 6.55. The molecule has 9 heteroatoms. The van der Waals surface area contributed by atoms with Gasteiger partial charge in [-0.1, -0.05) is 32.1 Å². The van der Waals surface area contributed by atoms with Gasteiger partial charge in [-0.25, -0.2) is 0 Å². The maximum atomic E-state index is 13.4. The van der Waals surface area contributed by atoms with E-state index >= 15 is 0 Å². The molecule has 0 radical (unpaired) electrons. The molecule has 192 valence electrons. The first-order valence-electron chi connectivity index (χ1n) is 13.6. The van der Waals surface area contributed by atoms with Crippen molar-refractivity contribution in [3.8, 4) is 0 Å². The smallest absolute Gasteiger partial charge is 0.274 e. The molecular formula is C26H40N6O3. The quantitative estimate of drug-likeness (QED) is 0.692. The first kappa shape index (κ1) is 24.3. The first-order chi connectivity index (χ1) is 16.9. The number of fused-ring (bicyclic) bond motifs is 1. The molecule has 3 fully saturated rings. The molecular weight excluding hydrogens is 444 g/mol. The van der Waals surface area contributed by atoms with Gasteiger partial charge in [-0.3, -0.25) is 24.0 Å². The van der Waals surface area contributed by atoms with E-state index in [1.54, 1.807) is 15.6 Å². The van der Waals surface area contributed by atoms with Crippen molar-refractivity contribution in [3.63, 3.8) is 0 Å². The van der Waals surface area contributed by atoms with E-state index in [1.165, 1.54) is 32.1 Å². The molecule has 35 heavy (non-hydrogen) atoms. The lowest BCUT2D eigenvalue weighted by atomic mass is 9.94. The van der Waals surface area contributed by atoms with Crippen LogP contribution in [0.3, 0.4) is 0 Å². The first-order valence-corrected chi connectivity index (χ1v) is 13.6. The second kappa shape index (κ2) is 9.91. The molecule has 1 aromatic heterocycles. The predicted octanol–water partition coefficient (Wildman–Crippen LogP) is 2.27. The molecule has 0 spiro atoms. The van der Waals surface area contributed by atoms with E-state index < -0.39 is 5.54 Å². The van der Waals surface area contributed by atoms with Gasteiger partial charge in [0, 0.05) is 50.9 Å². The number of rotatable bonds is 5. The molecule has 0 aromatic carbocycles. The summed E-state index contributed by atoms with van der Waals surface area (Å²) in [6, 6.07) is 2.46. The molecule has 3 amide bonds. The molecule has 2 aliphatic carbocycles. The highest BCUT2D eigenvalue weighted by Crippen LogP contribution is 2.29. The van der Waals surface area contributed by atoms with E-state index in [2.05, 4.69) is 15.3 Å². The highest BCUT2D eigenvalue weighted by atomic mass is 16.2. The lowest BCUT2D eigenvalue weighted by Crippen LogP contribution is -2.64. The fourth-order valence-electron chi connectivity index (χ4n) is 6.55. The van der Waals surface area contributed by atoms with E-state index in [0.717, 1.165) is 38.8 Å². The number of carbonyl (C=O) groups excluding carboxylic acids is 3.